The standard InChI is InChI=1S/C50H28N6/c51-29-32-19-21-47-40(23-32)38-15-7-9-17-45(38)55(47)49-27-37(36-25-43(34-11-3-1-4-12-34)54-44(26-36)35-13-5-2-6-14-35)28-50(42(49)31-53)56-46-18-10-8-16-39(46)41-24-33(30-52)20-22-48(41)56/h1-28H. The van der Waals surface area contributed by atoms with Crippen molar-refractivity contribution in [1.82, 2.24) is 14.1 Å². The van der Waals surface area contributed by atoms with Crippen LogP contribution in [0.4, 0.5) is 0 Å². The number of benzene rings is 7. The van der Waals surface area contributed by atoms with Crippen molar-refractivity contribution in [3.63, 3.8) is 0 Å². The van der Waals surface area contributed by atoms with Crippen molar-refractivity contribution in [2.24, 2.45) is 0 Å². The summed E-state index contributed by atoms with van der Waals surface area (Å²) in [5.74, 6) is 0. The van der Waals surface area contributed by atoms with E-state index >= 15 is 0 Å². The van der Waals surface area contributed by atoms with E-state index in [1.54, 1.807) is 0 Å². The van der Waals surface area contributed by atoms with E-state index in [4.69, 9.17) is 4.98 Å². The molecule has 0 aliphatic carbocycles. The van der Waals surface area contributed by atoms with Crippen LogP contribution in [0.1, 0.15) is 16.7 Å². The predicted octanol–water partition coefficient (Wildman–Crippen LogP) is 11.9. The normalized spacial score (nSPS) is 11.2. The van der Waals surface area contributed by atoms with Gasteiger partial charge in [-0.15, -0.1) is 0 Å². The average Bonchev–Trinajstić information content (AvgIpc) is 3.78. The molecule has 0 unspecified atom stereocenters. The smallest absolute Gasteiger partial charge is 0.104 e. The van der Waals surface area contributed by atoms with Gasteiger partial charge < -0.3 is 9.13 Å². The molecule has 0 spiro atoms. The maximum atomic E-state index is 11.3. The van der Waals surface area contributed by atoms with Gasteiger partial charge in [-0.2, -0.15) is 15.8 Å². The molecule has 0 radical (unpaired) electrons. The lowest BCUT2D eigenvalue weighted by Crippen LogP contribution is -2.05. The zero-order valence-electron chi connectivity index (χ0n) is 29.8. The highest BCUT2D eigenvalue weighted by Gasteiger charge is 2.23. The van der Waals surface area contributed by atoms with E-state index in [9.17, 15) is 15.8 Å². The monoisotopic (exact) mass is 712 g/mol. The molecule has 0 atom stereocenters. The molecule has 0 amide bonds. The molecule has 0 N–H and O–H groups in total. The van der Waals surface area contributed by atoms with E-state index in [2.05, 4.69) is 100 Å². The molecule has 0 fully saturated rings. The molecule has 56 heavy (non-hydrogen) atoms. The zero-order valence-corrected chi connectivity index (χ0v) is 29.8. The Labute approximate surface area is 322 Å². The van der Waals surface area contributed by atoms with Crippen LogP contribution in [0.5, 0.6) is 0 Å². The molecule has 0 bridgehead atoms. The number of hydrogen-bond donors (Lipinski definition) is 0. The molecular weight excluding hydrogens is 685 g/mol. The van der Waals surface area contributed by atoms with E-state index in [1.165, 1.54) is 0 Å². The van der Waals surface area contributed by atoms with Crippen molar-refractivity contribution in [3.8, 4) is 63.2 Å². The number of para-hydroxylation sites is 2. The Morgan fingerprint density at radius 1 is 0.357 bits per heavy atom. The maximum absolute atomic E-state index is 11.3. The van der Waals surface area contributed by atoms with Crippen LogP contribution < -0.4 is 0 Å². The van der Waals surface area contributed by atoms with Crippen LogP contribution in [-0.4, -0.2) is 14.1 Å². The summed E-state index contributed by atoms with van der Waals surface area (Å²) in [4.78, 5) is 5.16. The first kappa shape index (κ1) is 32.4. The Kier molecular flexibility index (Phi) is 7.53. The van der Waals surface area contributed by atoms with Crippen LogP contribution in [0.25, 0.3) is 88.6 Å². The summed E-state index contributed by atoms with van der Waals surface area (Å²) in [6.07, 6.45) is 0. The number of pyridine rings is 1. The molecular formula is C50H28N6. The average molecular weight is 713 g/mol. The number of aromatic nitrogens is 3. The Bertz CT molecular complexity index is 3120. The molecule has 0 aliphatic rings. The molecule has 10 rings (SSSR count). The molecule has 10 aromatic rings. The minimum atomic E-state index is 0.480. The van der Waals surface area contributed by atoms with Crippen molar-refractivity contribution < 1.29 is 0 Å². The Hall–Kier alpha value is -8.24. The fourth-order valence-corrected chi connectivity index (χ4v) is 8.06. The van der Waals surface area contributed by atoms with Gasteiger partial charge in [0.2, 0.25) is 0 Å². The topological polar surface area (TPSA) is 94.1 Å². The number of nitrogens with zero attached hydrogens (tertiary/aromatic N) is 6. The molecule has 7 aromatic carbocycles. The summed E-state index contributed by atoms with van der Waals surface area (Å²) >= 11 is 0. The second kappa shape index (κ2) is 13.0. The van der Waals surface area contributed by atoms with Gasteiger partial charge in [-0.1, -0.05) is 97.1 Å². The lowest BCUT2D eigenvalue weighted by atomic mass is 9.97. The zero-order chi connectivity index (χ0) is 37.8. The van der Waals surface area contributed by atoms with Gasteiger partial charge >= 0.3 is 0 Å². The largest absolute Gasteiger partial charge is 0.308 e. The molecule has 3 aromatic heterocycles. The van der Waals surface area contributed by atoms with Gasteiger partial charge in [-0.05, 0) is 83.9 Å². The number of rotatable bonds is 5. The van der Waals surface area contributed by atoms with Crippen LogP contribution >= 0.6 is 0 Å². The van der Waals surface area contributed by atoms with E-state index < -0.39 is 0 Å². The first-order chi connectivity index (χ1) is 27.6. The van der Waals surface area contributed by atoms with E-state index in [0.717, 1.165) is 77.3 Å². The first-order valence-electron chi connectivity index (χ1n) is 18.2. The lowest BCUT2D eigenvalue weighted by molar-refractivity contribution is 1.12. The molecule has 6 heteroatoms. The van der Waals surface area contributed by atoms with Gasteiger partial charge in [0.05, 0.1) is 68.1 Å². The van der Waals surface area contributed by atoms with Crippen molar-refractivity contribution in [3.05, 3.63) is 187 Å². The summed E-state index contributed by atoms with van der Waals surface area (Å²) in [6.45, 7) is 0. The second-order valence-electron chi connectivity index (χ2n) is 13.8. The Morgan fingerprint density at radius 2 is 0.768 bits per heavy atom. The van der Waals surface area contributed by atoms with Crippen molar-refractivity contribution in [1.29, 1.82) is 15.8 Å². The number of hydrogen-bond acceptors (Lipinski definition) is 4. The van der Waals surface area contributed by atoms with E-state index in [1.807, 2.05) is 97.1 Å². The summed E-state index contributed by atoms with van der Waals surface area (Å²) in [5.41, 5.74) is 12.1. The van der Waals surface area contributed by atoms with Gasteiger partial charge in [-0.3, -0.25) is 0 Å². The highest BCUT2D eigenvalue weighted by Crippen LogP contribution is 2.41. The number of fused-ring (bicyclic) bond motifs is 6. The number of nitriles is 3. The van der Waals surface area contributed by atoms with Crippen LogP contribution in [-0.2, 0) is 0 Å². The van der Waals surface area contributed by atoms with Gasteiger partial charge in [0.1, 0.15) is 11.6 Å². The molecule has 258 valence electrons. The van der Waals surface area contributed by atoms with E-state index in [-0.39, 0.29) is 0 Å². The molecule has 0 aliphatic heterocycles. The van der Waals surface area contributed by atoms with Crippen molar-refractivity contribution in [2.75, 3.05) is 0 Å². The summed E-state index contributed by atoms with van der Waals surface area (Å²) in [6, 6.07) is 63.7. The SMILES string of the molecule is N#Cc1ccc2c(c1)c1ccccc1n2-c1cc(-c2cc(-c3ccccc3)nc(-c3ccccc3)c2)cc(-n2c3ccccc3c3cc(C#N)ccc32)c1C#N. The van der Waals surface area contributed by atoms with Crippen molar-refractivity contribution in [2.45, 2.75) is 0 Å². The molecule has 3 heterocycles. The predicted molar refractivity (Wildman–Crippen MR) is 223 cm³/mol. The highest BCUT2D eigenvalue weighted by molar-refractivity contribution is 6.11. The Morgan fingerprint density at radius 3 is 1.21 bits per heavy atom. The molecule has 0 saturated heterocycles. The third-order valence-corrected chi connectivity index (χ3v) is 10.6. The van der Waals surface area contributed by atoms with Gasteiger partial charge in [-0.25, -0.2) is 4.98 Å². The van der Waals surface area contributed by atoms with Crippen LogP contribution in [0.15, 0.2) is 170 Å². The maximum Gasteiger partial charge on any atom is 0.104 e. The quantitative estimate of drug-likeness (QED) is 0.177. The fourth-order valence-electron chi connectivity index (χ4n) is 8.06. The van der Waals surface area contributed by atoms with Gasteiger partial charge in [0, 0.05) is 32.7 Å². The Balaban J connectivity index is 1.36. The van der Waals surface area contributed by atoms with Crippen LogP contribution in [0.3, 0.4) is 0 Å². The third-order valence-electron chi connectivity index (χ3n) is 10.6. The molecule has 0 saturated carbocycles. The molecule has 6 nitrogen and oxygen atoms in total. The van der Waals surface area contributed by atoms with Crippen LogP contribution in [0.2, 0.25) is 0 Å². The highest BCUT2D eigenvalue weighted by atomic mass is 15.0. The third kappa shape index (κ3) is 5.12. The lowest BCUT2D eigenvalue weighted by Gasteiger charge is -2.19. The summed E-state index contributed by atoms with van der Waals surface area (Å²) < 4.78 is 4.30. The van der Waals surface area contributed by atoms with Gasteiger partial charge in [0.25, 0.3) is 0 Å². The fraction of sp³-hybridized carbons (Fsp3) is 0. The van der Waals surface area contributed by atoms with Crippen molar-refractivity contribution >= 4 is 43.6 Å². The summed E-state index contributed by atoms with van der Waals surface area (Å²) in [5, 5.41) is 34.9. The second-order valence-corrected chi connectivity index (χ2v) is 13.8. The minimum Gasteiger partial charge on any atom is -0.308 e. The van der Waals surface area contributed by atoms with Gasteiger partial charge in [0.15, 0.2) is 0 Å². The van der Waals surface area contributed by atoms with Crippen LogP contribution in [0, 0.1) is 34.0 Å². The first-order valence-corrected chi connectivity index (χ1v) is 18.2. The minimum absolute atomic E-state index is 0.480. The summed E-state index contributed by atoms with van der Waals surface area (Å²) in [7, 11) is 0. The van der Waals surface area contributed by atoms with E-state index in [0.29, 0.717) is 28.1 Å².